The largest absolute Gasteiger partial charge is 0.457 e. The summed E-state index contributed by atoms with van der Waals surface area (Å²) in [5.41, 5.74) is 0.394. The van der Waals surface area contributed by atoms with Crippen LogP contribution in [0.15, 0.2) is 76.6 Å². The highest BCUT2D eigenvalue weighted by molar-refractivity contribution is 7.13. The number of nitrogens with one attached hydrogen (secondary N) is 1. The van der Waals surface area contributed by atoms with Crippen LogP contribution < -0.4 is 10.1 Å². The number of carbonyl (C=O) groups is 2. The molecule has 1 amide bonds. The Morgan fingerprint density at radius 2 is 1.74 bits per heavy atom. The zero-order valence-corrected chi connectivity index (χ0v) is 17.0. The van der Waals surface area contributed by atoms with Crippen LogP contribution in [0.25, 0.3) is 10.7 Å². The van der Waals surface area contributed by atoms with Crippen LogP contribution in [-0.2, 0) is 16.1 Å². The first kappa shape index (κ1) is 20.3. The molecule has 2 aromatic carbocycles. The highest BCUT2D eigenvalue weighted by atomic mass is 32.1. The van der Waals surface area contributed by atoms with Crippen LogP contribution in [0, 0.1) is 0 Å². The Morgan fingerprint density at radius 1 is 0.968 bits per heavy atom. The molecule has 31 heavy (non-hydrogen) atoms. The van der Waals surface area contributed by atoms with Gasteiger partial charge in [0.05, 0.1) is 4.88 Å². The molecule has 8 nitrogen and oxygen atoms in total. The van der Waals surface area contributed by atoms with Gasteiger partial charge in [0.25, 0.3) is 11.8 Å². The number of thiophene rings is 1. The fraction of sp³-hybridized carbons (Fsp3) is 0.0909. The van der Waals surface area contributed by atoms with E-state index in [9.17, 15) is 9.59 Å². The number of ether oxygens (including phenoxy) is 2. The summed E-state index contributed by atoms with van der Waals surface area (Å²) in [5.74, 6) is 0.898. The van der Waals surface area contributed by atoms with E-state index in [1.54, 1.807) is 24.3 Å². The highest BCUT2D eigenvalue weighted by Crippen LogP contribution is 2.22. The van der Waals surface area contributed by atoms with Crippen LogP contribution >= 0.6 is 11.3 Å². The fourth-order valence-corrected chi connectivity index (χ4v) is 3.22. The van der Waals surface area contributed by atoms with Crippen molar-refractivity contribution in [3.63, 3.8) is 0 Å². The highest BCUT2D eigenvalue weighted by Gasteiger charge is 2.13. The second-order valence-corrected chi connectivity index (χ2v) is 7.22. The van der Waals surface area contributed by atoms with Crippen molar-refractivity contribution in [2.75, 3.05) is 6.54 Å². The molecule has 4 rings (SSSR count). The van der Waals surface area contributed by atoms with Crippen molar-refractivity contribution in [3.8, 4) is 22.2 Å². The standard InChI is InChI=1S/C22H17N3O5S/c26-20(28-14-19-24-21(25-30-19)18-7-4-12-31-18)13-23-22(27)15-8-10-17(11-9-15)29-16-5-2-1-3-6-16/h1-12H,13-14H2,(H,23,27). The molecule has 0 saturated heterocycles. The van der Waals surface area contributed by atoms with Gasteiger partial charge in [-0.15, -0.1) is 11.3 Å². The molecule has 0 saturated carbocycles. The second-order valence-electron chi connectivity index (χ2n) is 6.27. The third-order valence-electron chi connectivity index (χ3n) is 4.05. The lowest BCUT2D eigenvalue weighted by Crippen LogP contribution is -2.30. The van der Waals surface area contributed by atoms with E-state index < -0.39 is 11.9 Å². The summed E-state index contributed by atoms with van der Waals surface area (Å²) in [7, 11) is 0. The minimum atomic E-state index is -0.617. The van der Waals surface area contributed by atoms with E-state index in [4.69, 9.17) is 14.0 Å². The Balaban J connectivity index is 1.22. The smallest absolute Gasteiger partial charge is 0.325 e. The first-order valence-electron chi connectivity index (χ1n) is 9.30. The zero-order chi connectivity index (χ0) is 21.5. The predicted octanol–water partition coefficient (Wildman–Crippen LogP) is 4.06. The molecule has 0 radical (unpaired) electrons. The first-order valence-corrected chi connectivity index (χ1v) is 10.2. The predicted molar refractivity (Wildman–Crippen MR) is 113 cm³/mol. The molecule has 156 valence electrons. The quantitative estimate of drug-likeness (QED) is 0.416. The van der Waals surface area contributed by atoms with Crippen molar-refractivity contribution in [3.05, 3.63) is 83.6 Å². The molecule has 0 aliphatic carbocycles. The van der Waals surface area contributed by atoms with Gasteiger partial charge in [-0.25, -0.2) is 0 Å². The lowest BCUT2D eigenvalue weighted by molar-refractivity contribution is -0.144. The number of carbonyl (C=O) groups excluding carboxylic acids is 2. The molecule has 0 spiro atoms. The number of nitrogens with zero attached hydrogens (tertiary/aromatic N) is 2. The van der Waals surface area contributed by atoms with Gasteiger partial charge in [-0.1, -0.05) is 29.4 Å². The molecule has 0 atom stereocenters. The topological polar surface area (TPSA) is 104 Å². The average molecular weight is 435 g/mol. The van der Waals surface area contributed by atoms with Crippen molar-refractivity contribution in [1.29, 1.82) is 0 Å². The number of benzene rings is 2. The van der Waals surface area contributed by atoms with Crippen molar-refractivity contribution in [1.82, 2.24) is 15.5 Å². The summed E-state index contributed by atoms with van der Waals surface area (Å²) in [6.07, 6.45) is 0. The summed E-state index contributed by atoms with van der Waals surface area (Å²) in [6.45, 7) is -0.453. The summed E-state index contributed by atoms with van der Waals surface area (Å²) in [4.78, 5) is 29.1. The normalized spacial score (nSPS) is 10.5. The maximum absolute atomic E-state index is 12.2. The number of esters is 1. The van der Waals surface area contributed by atoms with Crippen LogP contribution in [0.2, 0.25) is 0 Å². The van der Waals surface area contributed by atoms with Crippen molar-refractivity contribution in [2.45, 2.75) is 6.61 Å². The monoisotopic (exact) mass is 435 g/mol. The fourth-order valence-electron chi connectivity index (χ4n) is 2.57. The van der Waals surface area contributed by atoms with Crippen LogP contribution in [-0.4, -0.2) is 28.6 Å². The molecule has 9 heteroatoms. The maximum atomic E-state index is 12.2. The van der Waals surface area contributed by atoms with Gasteiger partial charge in [-0.3, -0.25) is 9.59 Å². The Labute approximate surface area is 181 Å². The van der Waals surface area contributed by atoms with E-state index in [-0.39, 0.29) is 19.0 Å². The minimum Gasteiger partial charge on any atom is -0.457 e. The van der Waals surface area contributed by atoms with Gasteiger partial charge in [-0.2, -0.15) is 4.98 Å². The van der Waals surface area contributed by atoms with Crippen molar-refractivity contribution >= 4 is 23.2 Å². The van der Waals surface area contributed by atoms with E-state index in [2.05, 4.69) is 15.5 Å². The Hall–Kier alpha value is -3.98. The number of aromatic nitrogens is 2. The third kappa shape index (κ3) is 5.55. The SMILES string of the molecule is O=C(CNC(=O)c1ccc(Oc2ccccc2)cc1)OCc1nc(-c2cccs2)no1. The molecule has 0 unspecified atom stereocenters. The molecule has 2 heterocycles. The second kappa shape index (κ2) is 9.68. The molecule has 0 aliphatic rings. The van der Waals surface area contributed by atoms with Gasteiger partial charge in [-0.05, 0) is 47.8 Å². The van der Waals surface area contributed by atoms with Crippen LogP contribution in [0.5, 0.6) is 11.5 Å². The molecule has 0 aliphatic heterocycles. The zero-order valence-electron chi connectivity index (χ0n) is 16.2. The van der Waals surface area contributed by atoms with Gasteiger partial charge in [0.15, 0.2) is 6.61 Å². The third-order valence-corrected chi connectivity index (χ3v) is 4.92. The van der Waals surface area contributed by atoms with Crippen molar-refractivity contribution < 1.29 is 23.6 Å². The van der Waals surface area contributed by atoms with Gasteiger partial charge < -0.3 is 19.3 Å². The molecule has 2 aromatic heterocycles. The van der Waals surface area contributed by atoms with E-state index in [1.165, 1.54) is 11.3 Å². The molecular formula is C22H17N3O5S. The molecular weight excluding hydrogens is 418 g/mol. The van der Waals surface area contributed by atoms with Crippen LogP contribution in [0.1, 0.15) is 16.2 Å². The van der Waals surface area contributed by atoms with E-state index in [1.807, 2.05) is 47.8 Å². The number of para-hydroxylation sites is 1. The van der Waals surface area contributed by atoms with Crippen molar-refractivity contribution in [2.24, 2.45) is 0 Å². The van der Waals surface area contributed by atoms with Gasteiger partial charge in [0.1, 0.15) is 18.0 Å². The first-order chi connectivity index (χ1) is 15.2. The maximum Gasteiger partial charge on any atom is 0.325 e. The lowest BCUT2D eigenvalue weighted by Gasteiger charge is -2.07. The minimum absolute atomic E-state index is 0.168. The van der Waals surface area contributed by atoms with Crippen LogP contribution in [0.4, 0.5) is 0 Å². The molecule has 4 aromatic rings. The van der Waals surface area contributed by atoms with Gasteiger partial charge in [0.2, 0.25) is 5.82 Å². The Bertz CT molecular complexity index is 1140. The summed E-state index contributed by atoms with van der Waals surface area (Å²) in [5, 5.41) is 8.25. The van der Waals surface area contributed by atoms with Crippen LogP contribution in [0.3, 0.4) is 0 Å². The lowest BCUT2D eigenvalue weighted by atomic mass is 10.2. The summed E-state index contributed by atoms with van der Waals surface area (Å²) >= 11 is 1.48. The van der Waals surface area contributed by atoms with E-state index >= 15 is 0 Å². The number of amides is 1. The molecule has 1 N–H and O–H groups in total. The Kier molecular flexibility index (Phi) is 6.34. The summed E-state index contributed by atoms with van der Waals surface area (Å²) < 4.78 is 15.8. The average Bonchev–Trinajstić information content (AvgIpc) is 3.49. The molecule has 0 fully saturated rings. The van der Waals surface area contributed by atoms with Gasteiger partial charge in [0, 0.05) is 5.56 Å². The van der Waals surface area contributed by atoms with Gasteiger partial charge >= 0.3 is 5.97 Å². The number of rotatable bonds is 8. The van der Waals surface area contributed by atoms with E-state index in [0.717, 1.165) is 4.88 Å². The van der Waals surface area contributed by atoms with E-state index in [0.29, 0.717) is 22.9 Å². The number of hydrogen-bond donors (Lipinski definition) is 1. The summed E-state index contributed by atoms with van der Waals surface area (Å²) in [6, 6.07) is 19.6. The number of hydrogen-bond acceptors (Lipinski definition) is 8. The Morgan fingerprint density at radius 3 is 2.48 bits per heavy atom. The molecule has 0 bridgehead atoms.